The number of hydrogen-bond acceptors (Lipinski definition) is 4. The molecule has 4 amide bonds. The van der Waals surface area contributed by atoms with Crippen LogP contribution in [0.1, 0.15) is 34.7 Å². The van der Waals surface area contributed by atoms with Gasteiger partial charge >= 0.3 is 6.03 Å². The van der Waals surface area contributed by atoms with E-state index in [1.165, 1.54) is 6.08 Å². The maximum Gasteiger partial charge on any atom is 0.335 e. The summed E-state index contributed by atoms with van der Waals surface area (Å²) < 4.78 is 5.84. The molecule has 36 heavy (non-hydrogen) atoms. The van der Waals surface area contributed by atoms with Crippen LogP contribution in [0.15, 0.2) is 60.2 Å². The Kier molecular flexibility index (Phi) is 7.48. The van der Waals surface area contributed by atoms with Crippen molar-refractivity contribution in [2.45, 2.75) is 27.2 Å². The van der Waals surface area contributed by atoms with Crippen molar-refractivity contribution >= 4 is 52.8 Å². The molecule has 0 atom stereocenters. The van der Waals surface area contributed by atoms with E-state index < -0.39 is 17.8 Å². The fourth-order valence-corrected chi connectivity index (χ4v) is 4.49. The van der Waals surface area contributed by atoms with E-state index >= 15 is 0 Å². The number of nitrogens with one attached hydrogen (secondary N) is 1. The van der Waals surface area contributed by atoms with Crippen LogP contribution >= 0.6 is 23.2 Å². The van der Waals surface area contributed by atoms with Crippen LogP contribution in [0.4, 0.5) is 10.5 Å². The zero-order valence-corrected chi connectivity index (χ0v) is 21.5. The summed E-state index contributed by atoms with van der Waals surface area (Å²) in [6.07, 6.45) is 1.86. The molecule has 0 bridgehead atoms. The molecule has 0 aromatic heterocycles. The van der Waals surface area contributed by atoms with Gasteiger partial charge in [-0.25, -0.2) is 9.69 Å². The molecule has 0 aliphatic carbocycles. The van der Waals surface area contributed by atoms with Gasteiger partial charge in [0, 0.05) is 22.0 Å². The number of benzene rings is 3. The van der Waals surface area contributed by atoms with Crippen molar-refractivity contribution in [3.05, 3.63) is 98.0 Å². The zero-order chi connectivity index (χ0) is 26.0. The number of amides is 4. The van der Waals surface area contributed by atoms with E-state index in [1.54, 1.807) is 31.2 Å². The first-order valence-corrected chi connectivity index (χ1v) is 12.1. The van der Waals surface area contributed by atoms with Gasteiger partial charge in [-0.15, -0.1) is 0 Å². The molecular weight excluding hydrogens is 499 g/mol. The third-order valence-electron chi connectivity index (χ3n) is 5.82. The van der Waals surface area contributed by atoms with Gasteiger partial charge < -0.3 is 4.74 Å². The van der Waals surface area contributed by atoms with Crippen LogP contribution < -0.4 is 15.0 Å². The molecule has 1 fully saturated rings. The average molecular weight is 523 g/mol. The maximum atomic E-state index is 13.4. The van der Waals surface area contributed by atoms with E-state index in [2.05, 4.69) is 5.32 Å². The number of hydrogen-bond donors (Lipinski definition) is 1. The van der Waals surface area contributed by atoms with Crippen LogP contribution in [0.25, 0.3) is 6.08 Å². The number of carbonyl (C=O) groups excluding carboxylic acids is 3. The molecule has 1 saturated heterocycles. The van der Waals surface area contributed by atoms with Gasteiger partial charge in [0.05, 0.1) is 12.3 Å². The molecule has 1 aliphatic rings. The van der Waals surface area contributed by atoms with Gasteiger partial charge in [0.25, 0.3) is 11.8 Å². The smallest absolute Gasteiger partial charge is 0.335 e. The Balaban J connectivity index is 1.75. The number of rotatable bonds is 6. The SMILES string of the molecule is CCOc1cc(/C=C2\C(=O)NC(=O)N(c3cc(C)ccc3C)C2=O)cc(Cl)c1Cc1ccccc1Cl. The van der Waals surface area contributed by atoms with Gasteiger partial charge in [-0.05, 0) is 73.4 Å². The highest BCUT2D eigenvalue weighted by Crippen LogP contribution is 2.34. The predicted octanol–water partition coefficient (Wildman–Crippen LogP) is 6.27. The monoisotopic (exact) mass is 522 g/mol. The molecule has 0 unspecified atom stereocenters. The Morgan fingerprint density at radius 2 is 1.72 bits per heavy atom. The number of carbonyl (C=O) groups is 3. The summed E-state index contributed by atoms with van der Waals surface area (Å²) in [6, 6.07) is 15.5. The molecule has 0 spiro atoms. The molecule has 1 aliphatic heterocycles. The number of barbiturate groups is 1. The van der Waals surface area contributed by atoms with Gasteiger partial charge in [-0.3, -0.25) is 14.9 Å². The lowest BCUT2D eigenvalue weighted by Gasteiger charge is -2.28. The fourth-order valence-electron chi connectivity index (χ4n) is 4.01. The maximum absolute atomic E-state index is 13.4. The lowest BCUT2D eigenvalue weighted by atomic mass is 10.00. The summed E-state index contributed by atoms with van der Waals surface area (Å²) >= 11 is 13.0. The van der Waals surface area contributed by atoms with E-state index in [9.17, 15) is 14.4 Å². The van der Waals surface area contributed by atoms with Crippen molar-refractivity contribution in [2.24, 2.45) is 0 Å². The Morgan fingerprint density at radius 3 is 2.44 bits per heavy atom. The molecule has 3 aromatic carbocycles. The van der Waals surface area contributed by atoms with Crippen molar-refractivity contribution in [2.75, 3.05) is 11.5 Å². The third-order valence-corrected chi connectivity index (χ3v) is 6.53. The number of ether oxygens (including phenoxy) is 1. The number of nitrogens with zero attached hydrogens (tertiary/aromatic N) is 1. The second-order valence-electron chi connectivity index (χ2n) is 8.43. The highest BCUT2D eigenvalue weighted by Gasteiger charge is 2.37. The Bertz CT molecular complexity index is 1410. The third kappa shape index (κ3) is 5.15. The molecular formula is C28H24Cl2N2O4. The van der Waals surface area contributed by atoms with E-state index in [0.717, 1.165) is 27.2 Å². The molecule has 3 aromatic rings. The first-order chi connectivity index (χ1) is 17.2. The van der Waals surface area contributed by atoms with Crippen molar-refractivity contribution in [1.82, 2.24) is 5.32 Å². The van der Waals surface area contributed by atoms with Crippen molar-refractivity contribution in [3.8, 4) is 5.75 Å². The zero-order valence-electron chi connectivity index (χ0n) is 20.0. The summed E-state index contributed by atoms with van der Waals surface area (Å²) in [5.41, 5.74) is 3.94. The normalized spacial score (nSPS) is 14.9. The fraction of sp³-hybridized carbons (Fsp3) is 0.179. The first-order valence-electron chi connectivity index (χ1n) is 11.4. The number of aryl methyl sites for hydroxylation is 2. The van der Waals surface area contributed by atoms with Crippen LogP contribution in [-0.2, 0) is 16.0 Å². The molecule has 1 N–H and O–H groups in total. The number of urea groups is 1. The molecule has 0 saturated carbocycles. The highest BCUT2D eigenvalue weighted by molar-refractivity contribution is 6.39. The second kappa shape index (κ2) is 10.6. The van der Waals surface area contributed by atoms with Crippen LogP contribution in [0, 0.1) is 13.8 Å². The lowest BCUT2D eigenvalue weighted by molar-refractivity contribution is -0.122. The van der Waals surface area contributed by atoms with Crippen molar-refractivity contribution in [3.63, 3.8) is 0 Å². The minimum absolute atomic E-state index is 0.187. The van der Waals surface area contributed by atoms with Crippen LogP contribution in [-0.4, -0.2) is 24.5 Å². The summed E-state index contributed by atoms with van der Waals surface area (Å²) in [4.78, 5) is 39.6. The van der Waals surface area contributed by atoms with Crippen molar-refractivity contribution < 1.29 is 19.1 Å². The summed E-state index contributed by atoms with van der Waals surface area (Å²) in [7, 11) is 0. The van der Waals surface area contributed by atoms with Crippen LogP contribution in [0.2, 0.25) is 10.0 Å². The summed E-state index contributed by atoms with van der Waals surface area (Å²) in [5, 5.41) is 3.28. The Hall–Kier alpha value is -3.61. The molecule has 6 nitrogen and oxygen atoms in total. The largest absolute Gasteiger partial charge is 0.494 e. The molecule has 0 radical (unpaired) electrons. The first kappa shape index (κ1) is 25.5. The number of anilines is 1. The Labute approximate surface area is 219 Å². The minimum Gasteiger partial charge on any atom is -0.494 e. The van der Waals surface area contributed by atoms with Gasteiger partial charge in [-0.2, -0.15) is 0 Å². The standard InChI is InChI=1S/C28H24Cl2N2O4/c1-4-36-25-14-18(13-23(30)20(25)15-19-7-5-6-8-22(19)29)12-21-26(33)31-28(35)32(27(21)34)24-11-16(2)9-10-17(24)3/h5-14H,4,15H2,1-3H3,(H,31,33,35)/b21-12+. The predicted molar refractivity (Wildman–Crippen MR) is 142 cm³/mol. The van der Waals surface area contributed by atoms with Crippen molar-refractivity contribution in [1.29, 1.82) is 0 Å². The van der Waals surface area contributed by atoms with E-state index in [-0.39, 0.29) is 5.57 Å². The van der Waals surface area contributed by atoms with Gasteiger partial charge in [0.15, 0.2) is 0 Å². The van der Waals surface area contributed by atoms with E-state index in [1.807, 2.05) is 44.2 Å². The number of halogens is 2. The van der Waals surface area contributed by atoms with Gasteiger partial charge in [0.2, 0.25) is 0 Å². The molecule has 184 valence electrons. The second-order valence-corrected chi connectivity index (χ2v) is 9.24. The highest BCUT2D eigenvalue weighted by atomic mass is 35.5. The van der Waals surface area contributed by atoms with E-state index in [0.29, 0.717) is 40.1 Å². The number of imide groups is 2. The molecule has 8 heteroatoms. The van der Waals surface area contributed by atoms with E-state index in [4.69, 9.17) is 27.9 Å². The minimum atomic E-state index is -0.793. The van der Waals surface area contributed by atoms with Crippen LogP contribution in [0.3, 0.4) is 0 Å². The average Bonchev–Trinajstić information content (AvgIpc) is 2.82. The van der Waals surface area contributed by atoms with Gasteiger partial charge in [-0.1, -0.05) is 53.5 Å². The topological polar surface area (TPSA) is 75.7 Å². The summed E-state index contributed by atoms with van der Waals surface area (Å²) in [5.74, 6) is -0.977. The molecule has 1 heterocycles. The molecule has 4 rings (SSSR count). The lowest BCUT2D eigenvalue weighted by Crippen LogP contribution is -2.54. The van der Waals surface area contributed by atoms with Gasteiger partial charge in [0.1, 0.15) is 11.3 Å². The summed E-state index contributed by atoms with van der Waals surface area (Å²) in [6.45, 7) is 5.89. The Morgan fingerprint density at radius 1 is 0.972 bits per heavy atom. The van der Waals surface area contributed by atoms with Crippen LogP contribution in [0.5, 0.6) is 5.75 Å². The quantitative estimate of drug-likeness (QED) is 0.306.